The van der Waals surface area contributed by atoms with E-state index in [2.05, 4.69) is 18.2 Å². The molecule has 2 aliphatic heterocycles. The van der Waals surface area contributed by atoms with Crippen LogP contribution in [0.15, 0.2) is 77.9 Å². The molecular weight excluding hydrogens is 379 g/mol. The lowest BCUT2D eigenvalue weighted by atomic mass is 9.96. The Labute approximate surface area is 167 Å². The number of ether oxygens (including phenoxy) is 1. The van der Waals surface area contributed by atoms with Gasteiger partial charge < -0.3 is 4.74 Å². The molecule has 0 aliphatic carbocycles. The monoisotopic (exact) mass is 394 g/mol. The summed E-state index contributed by atoms with van der Waals surface area (Å²) in [5, 5.41) is 7.97. The summed E-state index contributed by atoms with van der Waals surface area (Å²) < 4.78 is 6.33. The van der Waals surface area contributed by atoms with Crippen LogP contribution in [0.25, 0.3) is 0 Å². The fraction of sp³-hybridized carbons (Fsp3) is 0.136. The highest BCUT2D eigenvalue weighted by molar-refractivity contribution is 6.42. The van der Waals surface area contributed by atoms with Crippen LogP contribution in [-0.4, -0.2) is 10.7 Å². The lowest BCUT2D eigenvalue weighted by molar-refractivity contribution is -0.0189. The quantitative estimate of drug-likeness (QED) is 0.513. The summed E-state index contributed by atoms with van der Waals surface area (Å²) in [6.45, 7) is 0. The number of benzene rings is 3. The second kappa shape index (κ2) is 6.59. The largest absolute Gasteiger partial charge is 0.464 e. The van der Waals surface area contributed by atoms with E-state index >= 15 is 0 Å². The van der Waals surface area contributed by atoms with E-state index in [1.807, 2.05) is 53.5 Å². The molecule has 3 aromatic rings. The van der Waals surface area contributed by atoms with E-state index in [-0.39, 0.29) is 6.04 Å². The maximum absolute atomic E-state index is 6.51. The van der Waals surface area contributed by atoms with Gasteiger partial charge in [-0.3, -0.25) is 0 Å². The van der Waals surface area contributed by atoms with Gasteiger partial charge in [0, 0.05) is 17.5 Å². The fourth-order valence-corrected chi connectivity index (χ4v) is 4.16. The highest BCUT2D eigenvalue weighted by atomic mass is 35.5. The maximum Gasteiger partial charge on any atom is 0.215 e. The Bertz CT molecular complexity index is 1040. The molecule has 0 N–H and O–H groups in total. The molecule has 0 amide bonds. The maximum atomic E-state index is 6.51. The summed E-state index contributed by atoms with van der Waals surface area (Å²) in [5.41, 5.74) is 4.13. The van der Waals surface area contributed by atoms with Crippen LogP contribution in [0.1, 0.15) is 35.4 Å². The van der Waals surface area contributed by atoms with Crippen LogP contribution < -0.4 is 4.74 Å². The predicted octanol–water partition coefficient (Wildman–Crippen LogP) is 6.24. The van der Waals surface area contributed by atoms with E-state index in [9.17, 15) is 0 Å². The first-order chi connectivity index (χ1) is 13.2. The van der Waals surface area contributed by atoms with Gasteiger partial charge in [-0.25, -0.2) is 5.01 Å². The van der Waals surface area contributed by atoms with E-state index in [0.29, 0.717) is 10.0 Å². The Morgan fingerprint density at radius 3 is 2.44 bits per heavy atom. The highest BCUT2D eigenvalue weighted by Gasteiger charge is 2.41. The number of halogens is 2. The zero-order valence-corrected chi connectivity index (χ0v) is 15.9. The molecule has 0 fully saturated rings. The number of rotatable bonds is 2. The first-order valence-electron chi connectivity index (χ1n) is 8.83. The van der Waals surface area contributed by atoms with Crippen molar-refractivity contribution in [2.24, 2.45) is 5.10 Å². The smallest absolute Gasteiger partial charge is 0.215 e. The van der Waals surface area contributed by atoms with Crippen LogP contribution in [0.3, 0.4) is 0 Å². The van der Waals surface area contributed by atoms with Crippen LogP contribution in [0.4, 0.5) is 0 Å². The van der Waals surface area contributed by atoms with Crippen LogP contribution in [-0.2, 0) is 0 Å². The van der Waals surface area contributed by atoms with Gasteiger partial charge in [0.15, 0.2) is 0 Å². The summed E-state index contributed by atoms with van der Waals surface area (Å²) in [5.74, 6) is 0.865. The van der Waals surface area contributed by atoms with Crippen molar-refractivity contribution >= 4 is 28.9 Å². The van der Waals surface area contributed by atoms with Gasteiger partial charge in [-0.2, -0.15) is 5.10 Å². The molecule has 2 aliphatic rings. The Morgan fingerprint density at radius 2 is 1.59 bits per heavy atom. The van der Waals surface area contributed by atoms with Gasteiger partial charge in [-0.1, -0.05) is 83.9 Å². The second-order valence-corrected chi connectivity index (χ2v) is 7.45. The van der Waals surface area contributed by atoms with Crippen LogP contribution in [0.2, 0.25) is 10.0 Å². The van der Waals surface area contributed by atoms with Crippen LogP contribution in [0, 0.1) is 0 Å². The van der Waals surface area contributed by atoms with E-state index in [1.54, 1.807) is 6.07 Å². The third-order valence-corrected chi connectivity index (χ3v) is 5.89. The van der Waals surface area contributed by atoms with Crippen molar-refractivity contribution in [3.63, 3.8) is 0 Å². The number of fused-ring (bicyclic) bond motifs is 3. The lowest BCUT2D eigenvalue weighted by Gasteiger charge is -2.38. The normalized spacial score (nSPS) is 20.5. The van der Waals surface area contributed by atoms with Crippen LogP contribution in [0.5, 0.6) is 5.75 Å². The predicted molar refractivity (Wildman–Crippen MR) is 108 cm³/mol. The molecule has 2 unspecified atom stereocenters. The minimum atomic E-state index is -0.419. The number of hydrogen-bond donors (Lipinski definition) is 0. The number of hydrazone groups is 1. The molecule has 5 rings (SSSR count). The average Bonchev–Trinajstić information content (AvgIpc) is 3.16. The molecular formula is C22H16Cl2N2O. The minimum Gasteiger partial charge on any atom is -0.464 e. The highest BCUT2D eigenvalue weighted by Crippen LogP contribution is 2.48. The fourth-order valence-electron chi connectivity index (χ4n) is 3.76. The van der Waals surface area contributed by atoms with Crippen molar-refractivity contribution in [3.8, 4) is 5.75 Å². The van der Waals surface area contributed by atoms with Gasteiger partial charge >= 0.3 is 0 Å². The average molecular weight is 395 g/mol. The Kier molecular flexibility index (Phi) is 4.07. The summed E-state index contributed by atoms with van der Waals surface area (Å²) in [7, 11) is 0. The molecule has 0 radical (unpaired) electrons. The molecule has 3 nitrogen and oxygen atoms in total. The number of hydrogen-bond acceptors (Lipinski definition) is 3. The minimum absolute atomic E-state index is 0.102. The van der Waals surface area contributed by atoms with Gasteiger partial charge in [0.1, 0.15) is 5.75 Å². The Morgan fingerprint density at radius 1 is 0.852 bits per heavy atom. The van der Waals surface area contributed by atoms with Crippen molar-refractivity contribution in [2.45, 2.75) is 18.7 Å². The van der Waals surface area contributed by atoms with Gasteiger partial charge in [0.05, 0.1) is 21.8 Å². The summed E-state index contributed by atoms with van der Waals surface area (Å²) in [4.78, 5) is 0. The van der Waals surface area contributed by atoms with Crippen molar-refractivity contribution in [2.75, 3.05) is 0 Å². The number of para-hydroxylation sites is 1. The number of nitrogens with zero attached hydrogens (tertiary/aromatic N) is 2. The van der Waals surface area contributed by atoms with Gasteiger partial charge in [0.25, 0.3) is 0 Å². The molecule has 27 heavy (non-hydrogen) atoms. The lowest BCUT2D eigenvalue weighted by Crippen LogP contribution is -2.33. The first-order valence-corrected chi connectivity index (χ1v) is 9.58. The summed E-state index contributed by atoms with van der Waals surface area (Å²) in [6.07, 6.45) is 0.399. The zero-order valence-electron chi connectivity index (χ0n) is 14.3. The summed E-state index contributed by atoms with van der Waals surface area (Å²) >= 11 is 12.8. The molecule has 5 heteroatoms. The van der Waals surface area contributed by atoms with Crippen LogP contribution >= 0.6 is 23.2 Å². The topological polar surface area (TPSA) is 24.8 Å². The van der Waals surface area contributed by atoms with E-state index in [4.69, 9.17) is 33.0 Å². The Balaban J connectivity index is 1.64. The molecule has 0 aromatic heterocycles. The van der Waals surface area contributed by atoms with Crippen molar-refractivity contribution in [1.82, 2.24) is 5.01 Å². The third-order valence-electron chi connectivity index (χ3n) is 5.05. The van der Waals surface area contributed by atoms with Gasteiger partial charge in [0.2, 0.25) is 6.23 Å². The SMILES string of the molecule is Clc1cccc(C2Oc3ccccc3C3CC(c4ccccc4)=NN32)c1Cl. The molecule has 2 atom stereocenters. The van der Waals surface area contributed by atoms with E-state index < -0.39 is 6.23 Å². The molecule has 134 valence electrons. The van der Waals surface area contributed by atoms with Crippen molar-refractivity contribution in [3.05, 3.63) is 99.5 Å². The molecule has 0 saturated carbocycles. The molecule has 0 saturated heterocycles. The molecule has 3 aromatic carbocycles. The molecule has 2 heterocycles. The van der Waals surface area contributed by atoms with Gasteiger partial charge in [-0.15, -0.1) is 0 Å². The zero-order chi connectivity index (χ0) is 18.4. The van der Waals surface area contributed by atoms with Crippen molar-refractivity contribution < 1.29 is 4.74 Å². The second-order valence-electron chi connectivity index (χ2n) is 6.66. The molecule has 0 bridgehead atoms. The van der Waals surface area contributed by atoms with E-state index in [1.165, 1.54) is 0 Å². The third kappa shape index (κ3) is 2.78. The Hall–Kier alpha value is -2.49. The first kappa shape index (κ1) is 16.7. The molecule has 0 spiro atoms. The standard InChI is InChI=1S/C22H16Cl2N2O/c23-17-11-6-10-16(21(17)24)22-26-19(15-9-4-5-12-20(15)27-22)13-18(25-26)14-7-2-1-3-8-14/h1-12,19,22H,13H2. The van der Waals surface area contributed by atoms with E-state index in [0.717, 1.165) is 34.6 Å². The summed E-state index contributed by atoms with van der Waals surface area (Å²) in [6, 6.07) is 24.1. The van der Waals surface area contributed by atoms with Gasteiger partial charge in [-0.05, 0) is 17.7 Å². The van der Waals surface area contributed by atoms with Crippen molar-refractivity contribution in [1.29, 1.82) is 0 Å².